The molecule has 5 nitrogen and oxygen atoms in total. The number of hydrogen-bond acceptors (Lipinski definition) is 3. The number of likely N-dealkylation sites (tertiary alicyclic amines) is 1. The van der Waals surface area contributed by atoms with Gasteiger partial charge in [-0.1, -0.05) is 30.3 Å². The standard InChI is InChI=1S/C21H22N4O/c26-21(20-16-19(7-11-22-20)25-12-4-10-23-25)24-13-8-18(9-14-24)15-17-5-2-1-3-6-17/h1-7,10-12,16,18H,8-9,13-15H2. The Kier molecular flexibility index (Phi) is 4.78. The number of benzene rings is 1. The first-order valence-corrected chi connectivity index (χ1v) is 9.09. The average Bonchev–Trinajstić information content (AvgIpc) is 3.24. The van der Waals surface area contributed by atoms with Crippen molar-refractivity contribution in [1.29, 1.82) is 0 Å². The van der Waals surface area contributed by atoms with E-state index in [1.54, 1.807) is 17.1 Å². The van der Waals surface area contributed by atoms with Crippen LogP contribution in [0.15, 0.2) is 67.1 Å². The Bertz CT molecular complexity index is 853. The lowest BCUT2D eigenvalue weighted by molar-refractivity contribution is 0.0684. The molecule has 1 aliphatic heterocycles. The topological polar surface area (TPSA) is 51.0 Å². The fourth-order valence-electron chi connectivity index (χ4n) is 3.55. The Hall–Kier alpha value is -2.95. The lowest BCUT2D eigenvalue weighted by Gasteiger charge is -2.32. The van der Waals surface area contributed by atoms with Gasteiger partial charge >= 0.3 is 0 Å². The molecule has 1 amide bonds. The molecule has 0 atom stereocenters. The molecule has 2 aromatic heterocycles. The molecule has 0 saturated carbocycles. The van der Waals surface area contributed by atoms with Crippen molar-refractivity contribution in [2.75, 3.05) is 13.1 Å². The van der Waals surface area contributed by atoms with E-state index in [4.69, 9.17) is 0 Å². The predicted octanol–water partition coefficient (Wildman–Crippen LogP) is 3.36. The highest BCUT2D eigenvalue weighted by atomic mass is 16.2. The van der Waals surface area contributed by atoms with Crippen LogP contribution >= 0.6 is 0 Å². The number of nitrogens with zero attached hydrogens (tertiary/aromatic N) is 4. The second kappa shape index (κ2) is 7.52. The van der Waals surface area contributed by atoms with Crippen LogP contribution < -0.4 is 0 Å². The number of aromatic nitrogens is 3. The van der Waals surface area contributed by atoms with Crippen molar-refractivity contribution in [2.24, 2.45) is 5.92 Å². The van der Waals surface area contributed by atoms with E-state index in [0.717, 1.165) is 38.0 Å². The van der Waals surface area contributed by atoms with Gasteiger partial charge in [-0.05, 0) is 48.9 Å². The Morgan fingerprint density at radius 1 is 1.04 bits per heavy atom. The van der Waals surface area contributed by atoms with Crippen LogP contribution in [-0.2, 0) is 6.42 Å². The molecule has 0 radical (unpaired) electrons. The minimum Gasteiger partial charge on any atom is -0.337 e. The zero-order valence-corrected chi connectivity index (χ0v) is 14.7. The maximum Gasteiger partial charge on any atom is 0.272 e. The molecular formula is C21H22N4O. The Morgan fingerprint density at radius 2 is 1.85 bits per heavy atom. The first kappa shape index (κ1) is 16.5. The van der Waals surface area contributed by atoms with Gasteiger partial charge in [0, 0.05) is 31.7 Å². The molecule has 132 valence electrons. The largest absolute Gasteiger partial charge is 0.337 e. The van der Waals surface area contributed by atoms with E-state index < -0.39 is 0 Å². The first-order valence-electron chi connectivity index (χ1n) is 9.09. The van der Waals surface area contributed by atoms with Gasteiger partial charge in [0.2, 0.25) is 0 Å². The summed E-state index contributed by atoms with van der Waals surface area (Å²) in [5, 5.41) is 4.21. The number of carbonyl (C=O) groups is 1. The summed E-state index contributed by atoms with van der Waals surface area (Å²) in [6.07, 6.45) is 8.43. The van der Waals surface area contributed by atoms with Gasteiger partial charge in [-0.15, -0.1) is 0 Å². The molecule has 0 aliphatic carbocycles. The molecule has 0 bridgehead atoms. The highest BCUT2D eigenvalue weighted by Crippen LogP contribution is 2.23. The van der Waals surface area contributed by atoms with Crippen LogP contribution in [-0.4, -0.2) is 38.7 Å². The third-order valence-corrected chi connectivity index (χ3v) is 5.00. The lowest BCUT2D eigenvalue weighted by atomic mass is 9.90. The molecule has 0 spiro atoms. The van der Waals surface area contributed by atoms with Gasteiger partial charge in [0.05, 0.1) is 5.69 Å². The number of piperidine rings is 1. The highest BCUT2D eigenvalue weighted by molar-refractivity contribution is 5.92. The van der Waals surface area contributed by atoms with Crippen LogP contribution in [0.2, 0.25) is 0 Å². The van der Waals surface area contributed by atoms with Crippen molar-refractivity contribution < 1.29 is 4.79 Å². The number of rotatable bonds is 4. The van der Waals surface area contributed by atoms with E-state index in [1.165, 1.54) is 5.56 Å². The third-order valence-electron chi connectivity index (χ3n) is 5.00. The van der Waals surface area contributed by atoms with Crippen molar-refractivity contribution in [2.45, 2.75) is 19.3 Å². The second-order valence-corrected chi connectivity index (χ2v) is 6.78. The SMILES string of the molecule is O=C(c1cc(-n2cccn2)ccn1)N1CCC(Cc2ccccc2)CC1. The molecule has 26 heavy (non-hydrogen) atoms. The van der Waals surface area contributed by atoms with Gasteiger partial charge in [-0.25, -0.2) is 4.68 Å². The maximum atomic E-state index is 12.8. The van der Waals surface area contributed by atoms with Crippen LogP contribution in [0.4, 0.5) is 0 Å². The lowest BCUT2D eigenvalue weighted by Crippen LogP contribution is -2.39. The summed E-state index contributed by atoms with van der Waals surface area (Å²) >= 11 is 0. The van der Waals surface area contributed by atoms with Crippen molar-refractivity contribution in [3.05, 3.63) is 78.4 Å². The number of carbonyl (C=O) groups excluding carboxylic acids is 1. The molecule has 1 saturated heterocycles. The molecule has 1 aliphatic rings. The van der Waals surface area contributed by atoms with E-state index in [9.17, 15) is 4.79 Å². The molecule has 3 heterocycles. The second-order valence-electron chi connectivity index (χ2n) is 6.78. The van der Waals surface area contributed by atoms with Gasteiger partial charge in [0.25, 0.3) is 5.91 Å². The van der Waals surface area contributed by atoms with Crippen LogP contribution in [0.3, 0.4) is 0 Å². The van der Waals surface area contributed by atoms with Crippen LogP contribution in [0.1, 0.15) is 28.9 Å². The van der Waals surface area contributed by atoms with Gasteiger partial charge in [0.1, 0.15) is 5.69 Å². The average molecular weight is 346 g/mol. The highest BCUT2D eigenvalue weighted by Gasteiger charge is 2.24. The summed E-state index contributed by atoms with van der Waals surface area (Å²) in [6, 6.07) is 16.1. The van der Waals surface area contributed by atoms with Gasteiger partial charge in [-0.3, -0.25) is 9.78 Å². The van der Waals surface area contributed by atoms with Gasteiger partial charge < -0.3 is 4.90 Å². The van der Waals surface area contributed by atoms with Crippen LogP contribution in [0.5, 0.6) is 0 Å². The quantitative estimate of drug-likeness (QED) is 0.728. The molecule has 3 aromatic rings. The zero-order valence-electron chi connectivity index (χ0n) is 14.7. The minimum absolute atomic E-state index is 0.0113. The van der Waals surface area contributed by atoms with Crippen molar-refractivity contribution >= 4 is 5.91 Å². The molecular weight excluding hydrogens is 324 g/mol. The monoisotopic (exact) mass is 346 g/mol. The summed E-state index contributed by atoms with van der Waals surface area (Å²) in [4.78, 5) is 19.0. The minimum atomic E-state index is 0.0113. The van der Waals surface area contributed by atoms with E-state index in [-0.39, 0.29) is 5.91 Å². The van der Waals surface area contributed by atoms with E-state index in [0.29, 0.717) is 11.6 Å². The van der Waals surface area contributed by atoms with Gasteiger partial charge in [-0.2, -0.15) is 5.10 Å². The number of hydrogen-bond donors (Lipinski definition) is 0. The maximum absolute atomic E-state index is 12.8. The molecule has 0 unspecified atom stereocenters. The van der Waals surface area contributed by atoms with Crippen molar-refractivity contribution in [3.8, 4) is 5.69 Å². The first-order chi connectivity index (χ1) is 12.8. The third kappa shape index (κ3) is 3.67. The molecule has 1 fully saturated rings. The Balaban J connectivity index is 1.39. The predicted molar refractivity (Wildman–Crippen MR) is 100 cm³/mol. The van der Waals surface area contributed by atoms with E-state index in [1.807, 2.05) is 29.3 Å². The fourth-order valence-corrected chi connectivity index (χ4v) is 3.55. The summed E-state index contributed by atoms with van der Waals surface area (Å²) < 4.78 is 1.74. The molecule has 4 rings (SSSR count). The Labute approximate surface area is 153 Å². The molecule has 1 aromatic carbocycles. The van der Waals surface area contributed by atoms with Gasteiger partial charge in [0.15, 0.2) is 0 Å². The van der Waals surface area contributed by atoms with E-state index >= 15 is 0 Å². The summed E-state index contributed by atoms with van der Waals surface area (Å²) in [5.41, 5.74) is 2.72. The van der Waals surface area contributed by atoms with Crippen molar-refractivity contribution in [1.82, 2.24) is 19.7 Å². The summed E-state index contributed by atoms with van der Waals surface area (Å²) in [7, 11) is 0. The molecule has 5 heteroatoms. The summed E-state index contributed by atoms with van der Waals surface area (Å²) in [6.45, 7) is 1.59. The van der Waals surface area contributed by atoms with Crippen LogP contribution in [0.25, 0.3) is 5.69 Å². The normalized spacial score (nSPS) is 15.2. The fraction of sp³-hybridized carbons (Fsp3) is 0.286. The van der Waals surface area contributed by atoms with Crippen LogP contribution in [0, 0.1) is 5.92 Å². The summed E-state index contributed by atoms with van der Waals surface area (Å²) in [5.74, 6) is 0.655. The van der Waals surface area contributed by atoms with Crippen molar-refractivity contribution in [3.63, 3.8) is 0 Å². The number of pyridine rings is 1. The Morgan fingerprint density at radius 3 is 2.58 bits per heavy atom. The smallest absolute Gasteiger partial charge is 0.272 e. The number of amides is 1. The zero-order chi connectivity index (χ0) is 17.8. The van der Waals surface area contributed by atoms with E-state index in [2.05, 4.69) is 40.4 Å². The molecule has 0 N–H and O–H groups in total.